The van der Waals surface area contributed by atoms with E-state index in [1.807, 2.05) is 0 Å². The van der Waals surface area contributed by atoms with E-state index in [0.717, 1.165) is 0 Å². The Bertz CT molecular complexity index is 165. The molecule has 0 amide bonds. The molecule has 13 heavy (non-hydrogen) atoms. The number of nitrogens with one attached hydrogen (secondary N) is 1. The van der Waals surface area contributed by atoms with Gasteiger partial charge in [0.1, 0.15) is 0 Å². The van der Waals surface area contributed by atoms with Gasteiger partial charge in [0.25, 0.3) is 0 Å². The second-order valence-corrected chi connectivity index (χ2v) is 2.98. The monoisotopic (exact) mass is 207 g/mol. The Morgan fingerprint density at radius 1 is 0.923 bits per heavy atom. The highest BCUT2D eigenvalue weighted by Gasteiger charge is 2.60. The van der Waals surface area contributed by atoms with Crippen molar-refractivity contribution in [3.63, 3.8) is 0 Å². The average Bonchev–Trinajstić information content (AvgIpc) is 1.71. The van der Waals surface area contributed by atoms with Crippen molar-refractivity contribution in [3.8, 4) is 0 Å². The highest BCUT2D eigenvalue weighted by atomic mass is 19.4. The molecule has 0 unspecified atom stereocenters. The van der Waals surface area contributed by atoms with Crippen molar-refractivity contribution in [3.05, 3.63) is 0 Å². The van der Waals surface area contributed by atoms with Crippen LogP contribution in [0.4, 0.5) is 26.3 Å². The lowest BCUT2D eigenvalue weighted by atomic mass is 9.86. The fraction of sp³-hybridized carbons (Fsp3) is 1.00. The van der Waals surface area contributed by atoms with Gasteiger partial charge in [-0.05, 0) is 0 Å². The first-order chi connectivity index (χ1) is 5.73. The van der Waals surface area contributed by atoms with Crippen molar-refractivity contribution in [1.29, 1.82) is 0 Å². The predicted octanol–water partition coefficient (Wildman–Crippen LogP) is 1.95. The summed E-state index contributed by atoms with van der Waals surface area (Å²) < 4.78 is 71.6. The molecule has 78 valence electrons. The second-order valence-electron chi connectivity index (χ2n) is 2.98. The first-order valence-corrected chi connectivity index (χ1v) is 3.57. The van der Waals surface area contributed by atoms with Crippen LogP contribution in [0.5, 0.6) is 0 Å². The minimum atomic E-state index is -5.19. The van der Waals surface area contributed by atoms with Crippen LogP contribution < -0.4 is 5.32 Å². The molecule has 1 N–H and O–H groups in total. The second kappa shape index (κ2) is 3.04. The molecule has 1 saturated heterocycles. The number of alkyl halides is 6. The standard InChI is InChI=1S/C6H7F6N/c7-5(8,9)4(6(10,11)12)3-1-13-2-3/h3-4,13H,1-2H2. The molecule has 1 aliphatic heterocycles. The van der Waals surface area contributed by atoms with Crippen LogP contribution in [-0.4, -0.2) is 25.4 Å². The van der Waals surface area contributed by atoms with Gasteiger partial charge in [-0.2, -0.15) is 26.3 Å². The molecule has 0 atom stereocenters. The summed E-state index contributed by atoms with van der Waals surface area (Å²) in [7, 11) is 0. The van der Waals surface area contributed by atoms with Gasteiger partial charge in [0.2, 0.25) is 0 Å². The molecule has 1 rings (SSSR count). The van der Waals surface area contributed by atoms with Gasteiger partial charge >= 0.3 is 12.4 Å². The Labute approximate surface area is 70.1 Å². The van der Waals surface area contributed by atoms with Crippen LogP contribution >= 0.6 is 0 Å². The smallest absolute Gasteiger partial charge is 0.316 e. The van der Waals surface area contributed by atoms with Gasteiger partial charge in [0, 0.05) is 19.0 Å². The maximum Gasteiger partial charge on any atom is 0.400 e. The van der Waals surface area contributed by atoms with Gasteiger partial charge in [-0.3, -0.25) is 0 Å². The maximum absolute atomic E-state index is 11.9. The highest BCUT2D eigenvalue weighted by molar-refractivity contribution is 4.89. The molecule has 0 saturated carbocycles. The normalized spacial score (nSPS) is 20.5. The van der Waals surface area contributed by atoms with E-state index in [2.05, 4.69) is 5.32 Å². The zero-order valence-corrected chi connectivity index (χ0v) is 6.34. The summed E-state index contributed by atoms with van der Waals surface area (Å²) in [6.45, 7) is -0.437. The summed E-state index contributed by atoms with van der Waals surface area (Å²) in [5, 5.41) is 2.39. The first kappa shape index (κ1) is 10.6. The van der Waals surface area contributed by atoms with E-state index >= 15 is 0 Å². The van der Waals surface area contributed by atoms with Crippen LogP contribution in [-0.2, 0) is 0 Å². The Hall–Kier alpha value is -0.460. The minimum absolute atomic E-state index is 0.219. The number of rotatable bonds is 1. The molecule has 0 spiro atoms. The summed E-state index contributed by atoms with van der Waals surface area (Å²) in [6, 6.07) is 0. The Kier molecular flexibility index (Phi) is 2.48. The molecule has 0 aromatic heterocycles. The zero-order valence-electron chi connectivity index (χ0n) is 6.34. The molecule has 7 heteroatoms. The third kappa shape index (κ3) is 2.26. The maximum atomic E-state index is 11.9. The van der Waals surface area contributed by atoms with Crippen molar-refractivity contribution in [2.45, 2.75) is 12.4 Å². The van der Waals surface area contributed by atoms with Crippen LogP contribution in [0.1, 0.15) is 0 Å². The molecule has 1 heterocycles. The Balaban J connectivity index is 2.76. The van der Waals surface area contributed by atoms with Crippen LogP contribution in [0.2, 0.25) is 0 Å². The van der Waals surface area contributed by atoms with E-state index in [0.29, 0.717) is 0 Å². The van der Waals surface area contributed by atoms with Crippen molar-refractivity contribution in [2.24, 2.45) is 11.8 Å². The van der Waals surface area contributed by atoms with Gasteiger partial charge in [0.05, 0.1) is 0 Å². The lowest BCUT2D eigenvalue weighted by molar-refractivity contribution is -0.302. The van der Waals surface area contributed by atoms with Crippen molar-refractivity contribution >= 4 is 0 Å². The molecule has 0 radical (unpaired) electrons. The summed E-state index contributed by atoms with van der Waals surface area (Å²) in [6.07, 6.45) is -10.4. The van der Waals surface area contributed by atoms with E-state index in [1.165, 1.54) is 0 Å². The molecular formula is C6H7F6N. The molecule has 0 bridgehead atoms. The topological polar surface area (TPSA) is 12.0 Å². The van der Waals surface area contributed by atoms with Crippen molar-refractivity contribution in [2.75, 3.05) is 13.1 Å². The number of halogens is 6. The summed E-state index contributed by atoms with van der Waals surface area (Å²) in [4.78, 5) is 0. The molecule has 1 nitrogen and oxygen atoms in total. The van der Waals surface area contributed by atoms with Crippen molar-refractivity contribution < 1.29 is 26.3 Å². The van der Waals surface area contributed by atoms with Gasteiger partial charge in [-0.25, -0.2) is 0 Å². The van der Waals surface area contributed by atoms with Gasteiger partial charge in [-0.15, -0.1) is 0 Å². The van der Waals surface area contributed by atoms with Gasteiger partial charge in [0.15, 0.2) is 5.92 Å². The number of hydrogen-bond acceptors (Lipinski definition) is 1. The predicted molar refractivity (Wildman–Crippen MR) is 32.0 cm³/mol. The quantitative estimate of drug-likeness (QED) is 0.648. The lowest BCUT2D eigenvalue weighted by Gasteiger charge is -2.36. The average molecular weight is 207 g/mol. The van der Waals surface area contributed by atoms with Crippen LogP contribution in [0, 0.1) is 11.8 Å². The molecular weight excluding hydrogens is 200 g/mol. The lowest BCUT2D eigenvalue weighted by Crippen LogP contribution is -2.55. The Morgan fingerprint density at radius 3 is 1.38 bits per heavy atom. The summed E-state index contributed by atoms with van der Waals surface area (Å²) in [5.74, 6) is -4.54. The van der Waals surface area contributed by atoms with Crippen molar-refractivity contribution in [1.82, 2.24) is 5.32 Å². The van der Waals surface area contributed by atoms with Gasteiger partial charge < -0.3 is 5.32 Å². The van der Waals surface area contributed by atoms with Crippen LogP contribution in [0.25, 0.3) is 0 Å². The molecule has 0 aliphatic carbocycles. The summed E-state index contributed by atoms with van der Waals surface area (Å²) >= 11 is 0. The Morgan fingerprint density at radius 2 is 1.31 bits per heavy atom. The van der Waals surface area contributed by atoms with E-state index in [1.54, 1.807) is 0 Å². The first-order valence-electron chi connectivity index (χ1n) is 3.57. The third-order valence-electron chi connectivity index (χ3n) is 1.99. The highest BCUT2D eigenvalue weighted by Crippen LogP contribution is 2.44. The molecule has 1 fully saturated rings. The fourth-order valence-electron chi connectivity index (χ4n) is 1.27. The molecule has 0 aromatic rings. The number of hydrogen-bond donors (Lipinski definition) is 1. The van der Waals surface area contributed by atoms with E-state index in [4.69, 9.17) is 0 Å². The van der Waals surface area contributed by atoms with Crippen LogP contribution in [0.15, 0.2) is 0 Å². The molecule has 1 aliphatic rings. The van der Waals surface area contributed by atoms with E-state index < -0.39 is 24.2 Å². The van der Waals surface area contributed by atoms with E-state index in [9.17, 15) is 26.3 Å². The minimum Gasteiger partial charge on any atom is -0.316 e. The van der Waals surface area contributed by atoms with E-state index in [-0.39, 0.29) is 13.1 Å². The van der Waals surface area contributed by atoms with Crippen LogP contribution in [0.3, 0.4) is 0 Å². The zero-order chi connectivity index (χ0) is 10.3. The largest absolute Gasteiger partial charge is 0.400 e. The molecule has 0 aromatic carbocycles. The van der Waals surface area contributed by atoms with Gasteiger partial charge in [-0.1, -0.05) is 0 Å². The SMILES string of the molecule is FC(F)(F)C(C1CNC1)C(F)(F)F. The summed E-state index contributed by atoms with van der Waals surface area (Å²) in [5.41, 5.74) is 0. The fourth-order valence-corrected chi connectivity index (χ4v) is 1.27. The third-order valence-corrected chi connectivity index (χ3v) is 1.99.